The first-order chi connectivity index (χ1) is 14.7. The summed E-state index contributed by atoms with van der Waals surface area (Å²) in [5.74, 6) is -0.412. The first-order valence-corrected chi connectivity index (χ1v) is 9.73. The summed E-state index contributed by atoms with van der Waals surface area (Å²) in [6.45, 7) is -0.125. The van der Waals surface area contributed by atoms with Crippen LogP contribution in [0.25, 0.3) is 0 Å². The molecule has 7 nitrogen and oxygen atoms in total. The number of amides is 1. The number of hydrogen-bond acceptors (Lipinski definition) is 6. The quantitative estimate of drug-likeness (QED) is 0.274. The van der Waals surface area contributed by atoms with Gasteiger partial charge in [-0.25, -0.2) is 10.2 Å². The SMILES string of the molecule is O=C(Cn1nnnc1S)NOC(c1ccccc1)(c1ccccc1)c1ccccc1. The van der Waals surface area contributed by atoms with E-state index < -0.39 is 11.5 Å². The van der Waals surface area contributed by atoms with Gasteiger partial charge in [-0.15, -0.1) is 17.7 Å². The number of tetrazole rings is 1. The third kappa shape index (κ3) is 3.96. The summed E-state index contributed by atoms with van der Waals surface area (Å²) < 4.78 is 1.27. The molecule has 3 aromatic carbocycles. The van der Waals surface area contributed by atoms with Gasteiger partial charge in [0, 0.05) is 0 Å². The van der Waals surface area contributed by atoms with Gasteiger partial charge in [-0.05, 0) is 27.1 Å². The molecule has 30 heavy (non-hydrogen) atoms. The first kappa shape index (κ1) is 19.8. The Kier molecular flexibility index (Phi) is 5.87. The van der Waals surface area contributed by atoms with E-state index in [-0.39, 0.29) is 11.7 Å². The highest BCUT2D eigenvalue weighted by Crippen LogP contribution is 2.39. The molecule has 0 bridgehead atoms. The maximum atomic E-state index is 12.6. The Bertz CT molecular complexity index is 1010. The molecule has 150 valence electrons. The second-order valence-corrected chi connectivity index (χ2v) is 6.94. The normalized spacial score (nSPS) is 11.2. The summed E-state index contributed by atoms with van der Waals surface area (Å²) in [5.41, 5.74) is 4.17. The Morgan fingerprint density at radius 2 is 1.33 bits per heavy atom. The predicted molar refractivity (Wildman–Crippen MR) is 114 cm³/mol. The Morgan fingerprint density at radius 3 is 1.73 bits per heavy atom. The van der Waals surface area contributed by atoms with Crippen molar-refractivity contribution in [2.45, 2.75) is 17.3 Å². The van der Waals surface area contributed by atoms with Gasteiger partial charge >= 0.3 is 0 Å². The standard InChI is InChI=1S/C22H19N5O2S/c28-20(16-27-21(30)23-25-26-27)24-29-22(17-10-4-1-5-11-17,18-12-6-2-7-13-18)19-14-8-3-9-15-19/h1-15H,16H2,(H,24,28)(H,23,26,30). The lowest BCUT2D eigenvalue weighted by Gasteiger charge is -2.34. The number of rotatable bonds is 7. The summed E-state index contributed by atoms with van der Waals surface area (Å²) in [7, 11) is 0. The van der Waals surface area contributed by atoms with Crippen LogP contribution in [0.5, 0.6) is 0 Å². The van der Waals surface area contributed by atoms with Crippen molar-refractivity contribution < 1.29 is 9.63 Å². The van der Waals surface area contributed by atoms with Crippen LogP contribution in [0, 0.1) is 0 Å². The molecular formula is C22H19N5O2S. The van der Waals surface area contributed by atoms with Crippen molar-refractivity contribution in [2.24, 2.45) is 0 Å². The third-order valence-corrected chi connectivity index (χ3v) is 4.99. The van der Waals surface area contributed by atoms with Crippen molar-refractivity contribution in [1.29, 1.82) is 0 Å². The number of nitrogens with one attached hydrogen (secondary N) is 1. The number of carbonyl (C=O) groups is 1. The molecule has 0 fully saturated rings. The maximum Gasteiger partial charge on any atom is 0.265 e. The summed E-state index contributed by atoms with van der Waals surface area (Å²) in [4.78, 5) is 18.8. The van der Waals surface area contributed by atoms with Crippen LogP contribution in [-0.2, 0) is 21.8 Å². The van der Waals surface area contributed by atoms with Crippen LogP contribution in [0.2, 0.25) is 0 Å². The second kappa shape index (κ2) is 8.89. The molecule has 0 radical (unpaired) electrons. The highest BCUT2D eigenvalue weighted by molar-refractivity contribution is 7.80. The topological polar surface area (TPSA) is 81.9 Å². The fourth-order valence-corrected chi connectivity index (χ4v) is 3.45. The molecule has 0 saturated carbocycles. The van der Waals surface area contributed by atoms with Gasteiger partial charge in [0.25, 0.3) is 5.91 Å². The average Bonchev–Trinajstić information content (AvgIpc) is 3.20. The van der Waals surface area contributed by atoms with Crippen molar-refractivity contribution in [3.05, 3.63) is 108 Å². The van der Waals surface area contributed by atoms with Crippen LogP contribution in [-0.4, -0.2) is 26.1 Å². The second-order valence-electron chi connectivity index (χ2n) is 6.54. The van der Waals surface area contributed by atoms with Gasteiger partial charge in [-0.1, -0.05) is 91.0 Å². The highest BCUT2D eigenvalue weighted by atomic mass is 32.1. The van der Waals surface area contributed by atoms with Gasteiger partial charge in [0.1, 0.15) is 6.54 Å². The van der Waals surface area contributed by atoms with Crippen molar-refractivity contribution >= 4 is 18.5 Å². The zero-order valence-corrected chi connectivity index (χ0v) is 16.8. The number of carbonyl (C=O) groups excluding carboxylic acids is 1. The molecule has 0 aliphatic carbocycles. The van der Waals surface area contributed by atoms with E-state index >= 15 is 0 Å². The van der Waals surface area contributed by atoms with E-state index in [0.29, 0.717) is 0 Å². The van der Waals surface area contributed by atoms with Crippen molar-refractivity contribution in [1.82, 2.24) is 25.7 Å². The minimum atomic E-state index is -1.05. The fraction of sp³-hybridized carbons (Fsp3) is 0.0909. The first-order valence-electron chi connectivity index (χ1n) is 9.29. The van der Waals surface area contributed by atoms with E-state index in [1.165, 1.54) is 4.68 Å². The molecular weight excluding hydrogens is 398 g/mol. The molecule has 0 unspecified atom stereocenters. The zero-order chi connectivity index (χ0) is 20.8. The Morgan fingerprint density at radius 1 is 0.867 bits per heavy atom. The third-order valence-electron chi connectivity index (χ3n) is 4.67. The number of hydrogen-bond donors (Lipinski definition) is 2. The average molecular weight is 417 g/mol. The van der Waals surface area contributed by atoms with E-state index in [0.717, 1.165) is 16.7 Å². The maximum absolute atomic E-state index is 12.6. The molecule has 1 heterocycles. The van der Waals surface area contributed by atoms with Gasteiger partial charge in [0.05, 0.1) is 0 Å². The smallest absolute Gasteiger partial charge is 0.265 e. The largest absolute Gasteiger partial charge is 0.271 e. The number of thiol groups is 1. The molecule has 4 rings (SSSR count). The van der Waals surface area contributed by atoms with Crippen LogP contribution in [0.4, 0.5) is 0 Å². The van der Waals surface area contributed by atoms with E-state index in [1.807, 2.05) is 91.0 Å². The zero-order valence-electron chi connectivity index (χ0n) is 15.9. The summed E-state index contributed by atoms with van der Waals surface area (Å²) >= 11 is 4.13. The lowest BCUT2D eigenvalue weighted by atomic mass is 9.80. The van der Waals surface area contributed by atoms with E-state index in [4.69, 9.17) is 4.84 Å². The van der Waals surface area contributed by atoms with Crippen LogP contribution in [0.15, 0.2) is 96.2 Å². The molecule has 0 saturated heterocycles. The number of hydroxylamine groups is 1. The molecule has 0 aliphatic rings. The molecule has 1 N–H and O–H groups in total. The minimum absolute atomic E-state index is 0.125. The lowest BCUT2D eigenvalue weighted by molar-refractivity contribution is -0.144. The Balaban J connectivity index is 1.75. The Hall–Kier alpha value is -3.49. The molecule has 1 aromatic heterocycles. The van der Waals surface area contributed by atoms with Crippen LogP contribution in [0.3, 0.4) is 0 Å². The van der Waals surface area contributed by atoms with Gasteiger partial charge in [-0.3, -0.25) is 9.63 Å². The van der Waals surface area contributed by atoms with Crippen molar-refractivity contribution in [3.63, 3.8) is 0 Å². The van der Waals surface area contributed by atoms with Gasteiger partial charge in [0.15, 0.2) is 5.60 Å². The monoisotopic (exact) mass is 417 g/mol. The van der Waals surface area contributed by atoms with E-state index in [1.54, 1.807) is 0 Å². The number of benzene rings is 3. The fourth-order valence-electron chi connectivity index (χ4n) is 3.30. The Labute approximate surface area is 179 Å². The van der Waals surface area contributed by atoms with Crippen LogP contribution < -0.4 is 5.48 Å². The van der Waals surface area contributed by atoms with Crippen LogP contribution in [0.1, 0.15) is 16.7 Å². The molecule has 8 heteroatoms. The molecule has 1 amide bonds. The van der Waals surface area contributed by atoms with Gasteiger partial charge < -0.3 is 0 Å². The van der Waals surface area contributed by atoms with Crippen LogP contribution >= 0.6 is 12.6 Å². The van der Waals surface area contributed by atoms with Gasteiger partial charge in [-0.2, -0.15) is 0 Å². The van der Waals surface area contributed by atoms with Crippen molar-refractivity contribution in [2.75, 3.05) is 0 Å². The minimum Gasteiger partial charge on any atom is -0.271 e. The number of aromatic nitrogens is 4. The van der Waals surface area contributed by atoms with E-state index in [9.17, 15) is 4.79 Å². The van der Waals surface area contributed by atoms with E-state index in [2.05, 4.69) is 33.6 Å². The summed E-state index contributed by atoms with van der Waals surface area (Å²) in [6, 6.07) is 29.3. The predicted octanol–water partition coefficient (Wildman–Crippen LogP) is 3.00. The molecule has 4 aromatic rings. The molecule has 0 atom stereocenters. The summed E-state index contributed by atoms with van der Waals surface area (Å²) in [5, 5.41) is 11.1. The van der Waals surface area contributed by atoms with Crippen molar-refractivity contribution in [3.8, 4) is 0 Å². The number of nitrogens with zero attached hydrogens (tertiary/aromatic N) is 4. The lowest BCUT2D eigenvalue weighted by Crippen LogP contribution is -2.41. The highest BCUT2D eigenvalue weighted by Gasteiger charge is 2.39. The van der Waals surface area contributed by atoms with Gasteiger partial charge in [0.2, 0.25) is 5.16 Å². The molecule has 0 spiro atoms. The molecule has 0 aliphatic heterocycles. The summed E-state index contributed by atoms with van der Waals surface area (Å²) in [6.07, 6.45) is 0.